The number of nitrogens with zero attached hydrogens (tertiary/aromatic N) is 1. The summed E-state index contributed by atoms with van der Waals surface area (Å²) >= 11 is 0. The Morgan fingerprint density at radius 2 is 2.30 bits per heavy atom. The van der Waals surface area contributed by atoms with Gasteiger partial charge in [-0.2, -0.15) is 0 Å². The van der Waals surface area contributed by atoms with Crippen LogP contribution in [0.1, 0.15) is 20.3 Å². The number of allylic oxidation sites excluding steroid dienone is 1. The normalized spacial score (nSPS) is 32.0. The second kappa shape index (κ2) is 5.63. The molecule has 2 heterocycles. The largest absolute Gasteiger partial charge is 0.369 e. The molecule has 0 aromatic heterocycles. The lowest BCUT2D eigenvalue weighted by atomic mass is 9.92. The number of Topliss-reactive ketones (excluding diaryl/α,β-unsaturated/α-hetero) is 1. The molecule has 112 valence electrons. The van der Waals surface area contributed by atoms with Crippen LogP contribution in [-0.4, -0.2) is 60.9 Å². The molecule has 3 atom stereocenters. The van der Waals surface area contributed by atoms with E-state index < -0.39 is 11.9 Å². The quantitative estimate of drug-likeness (QED) is 0.525. The van der Waals surface area contributed by atoms with E-state index in [0.717, 1.165) is 0 Å². The zero-order valence-corrected chi connectivity index (χ0v) is 12.1. The van der Waals surface area contributed by atoms with Gasteiger partial charge in [-0.25, -0.2) is 0 Å². The first kappa shape index (κ1) is 15.2. The number of carbonyl (C=O) groups is 2. The molecular weight excluding hydrogens is 262 g/mol. The van der Waals surface area contributed by atoms with Gasteiger partial charge in [0, 0.05) is 13.5 Å². The van der Waals surface area contributed by atoms with Crippen LogP contribution in [-0.2, 0) is 23.8 Å². The van der Waals surface area contributed by atoms with Crippen LogP contribution in [0.4, 0.5) is 0 Å². The summed E-state index contributed by atoms with van der Waals surface area (Å²) in [7, 11) is 1.49. The van der Waals surface area contributed by atoms with Crippen molar-refractivity contribution in [2.45, 2.75) is 44.3 Å². The van der Waals surface area contributed by atoms with Gasteiger partial charge in [-0.05, 0) is 13.8 Å². The highest BCUT2D eigenvalue weighted by Gasteiger charge is 2.55. The lowest BCUT2D eigenvalue weighted by molar-refractivity contribution is -0.193. The number of methoxy groups -OCH3 is 1. The van der Waals surface area contributed by atoms with Crippen LogP contribution >= 0.6 is 0 Å². The molecule has 0 spiro atoms. The second-order valence-corrected chi connectivity index (χ2v) is 5.51. The van der Waals surface area contributed by atoms with Crippen LogP contribution in [0.3, 0.4) is 0 Å². The van der Waals surface area contributed by atoms with Gasteiger partial charge in [0.2, 0.25) is 0 Å². The topological polar surface area (TPSA) is 65.1 Å². The predicted octanol–water partition coefficient (Wildman–Crippen LogP) is 0.509. The summed E-state index contributed by atoms with van der Waals surface area (Å²) in [6.07, 6.45) is 0.952. The molecule has 6 heteroatoms. The summed E-state index contributed by atoms with van der Waals surface area (Å²) in [4.78, 5) is 25.2. The number of rotatable bonds is 6. The van der Waals surface area contributed by atoms with Gasteiger partial charge < -0.3 is 19.1 Å². The Balaban J connectivity index is 2.05. The molecule has 0 bridgehead atoms. The van der Waals surface area contributed by atoms with Gasteiger partial charge in [-0.3, -0.25) is 9.59 Å². The number of carbonyl (C=O) groups excluding carboxylic acids is 2. The number of likely N-dealkylation sites (tertiary alicyclic amines) is 1. The van der Waals surface area contributed by atoms with E-state index in [0.29, 0.717) is 6.61 Å². The number of hydrogen-bond donors (Lipinski definition) is 0. The number of hydrogen-bond acceptors (Lipinski definition) is 5. The molecular formula is C14H21NO5. The first-order chi connectivity index (χ1) is 9.39. The molecule has 2 aliphatic heterocycles. The van der Waals surface area contributed by atoms with E-state index in [1.165, 1.54) is 18.1 Å². The van der Waals surface area contributed by atoms with Gasteiger partial charge in [0.15, 0.2) is 17.7 Å². The summed E-state index contributed by atoms with van der Waals surface area (Å²) in [5, 5.41) is 0. The maximum absolute atomic E-state index is 12.0. The van der Waals surface area contributed by atoms with Gasteiger partial charge in [0.05, 0.1) is 19.2 Å². The van der Waals surface area contributed by atoms with Crippen LogP contribution in [0, 0.1) is 0 Å². The van der Waals surface area contributed by atoms with Crippen molar-refractivity contribution in [2.75, 3.05) is 20.3 Å². The van der Waals surface area contributed by atoms with E-state index in [9.17, 15) is 9.59 Å². The molecule has 0 N–H and O–H groups in total. The second-order valence-electron chi connectivity index (χ2n) is 5.51. The number of β-lactam (4-membered cyclic amide) rings is 1. The minimum atomic E-state index is -0.668. The zero-order valence-electron chi connectivity index (χ0n) is 12.1. The molecule has 0 saturated carbocycles. The summed E-state index contributed by atoms with van der Waals surface area (Å²) in [5.74, 6) is -0.896. The minimum absolute atomic E-state index is 0.0499. The van der Waals surface area contributed by atoms with Gasteiger partial charge in [-0.1, -0.05) is 6.08 Å². The Hall–Kier alpha value is -1.24. The first-order valence-electron chi connectivity index (χ1n) is 6.67. The number of ketones is 1. The van der Waals surface area contributed by atoms with E-state index >= 15 is 0 Å². The minimum Gasteiger partial charge on any atom is -0.369 e. The van der Waals surface area contributed by atoms with Crippen molar-refractivity contribution in [3.63, 3.8) is 0 Å². The fourth-order valence-corrected chi connectivity index (χ4v) is 2.66. The van der Waals surface area contributed by atoms with Crippen LogP contribution in [0.5, 0.6) is 0 Å². The average molecular weight is 283 g/mol. The highest BCUT2D eigenvalue weighted by atomic mass is 16.7. The summed E-state index contributed by atoms with van der Waals surface area (Å²) in [5.41, 5.74) is 0. The Morgan fingerprint density at radius 1 is 1.60 bits per heavy atom. The summed E-state index contributed by atoms with van der Waals surface area (Å²) in [6, 6.07) is -0.275. The Labute approximate surface area is 118 Å². The van der Waals surface area contributed by atoms with Crippen molar-refractivity contribution in [1.82, 2.24) is 4.90 Å². The Bertz CT molecular complexity index is 420. The lowest BCUT2D eigenvalue weighted by Gasteiger charge is -2.47. The third kappa shape index (κ3) is 2.77. The Kier molecular flexibility index (Phi) is 4.27. The summed E-state index contributed by atoms with van der Waals surface area (Å²) < 4.78 is 16.5. The fourth-order valence-electron chi connectivity index (χ4n) is 2.66. The zero-order chi connectivity index (χ0) is 14.9. The van der Waals surface area contributed by atoms with E-state index in [-0.39, 0.29) is 36.8 Å². The maximum Gasteiger partial charge on any atom is 0.254 e. The van der Waals surface area contributed by atoms with Crippen molar-refractivity contribution >= 4 is 11.7 Å². The fraction of sp³-hybridized carbons (Fsp3) is 0.714. The number of ether oxygens (including phenoxy) is 3. The highest BCUT2D eigenvalue weighted by Crippen LogP contribution is 2.33. The molecule has 1 amide bonds. The van der Waals surface area contributed by atoms with Crippen molar-refractivity contribution in [2.24, 2.45) is 0 Å². The van der Waals surface area contributed by atoms with Crippen molar-refractivity contribution < 1.29 is 23.8 Å². The molecule has 0 radical (unpaired) electrons. The SMILES string of the molecule is C=CCC(=O)CN1C(=O)[C@H](OC)[C@@H]1[C@H]1COC(C)(C)O1. The molecule has 2 fully saturated rings. The van der Waals surface area contributed by atoms with Gasteiger partial charge in [-0.15, -0.1) is 6.58 Å². The molecule has 0 aromatic rings. The lowest BCUT2D eigenvalue weighted by Crippen LogP contribution is -2.70. The van der Waals surface area contributed by atoms with Crippen molar-refractivity contribution in [1.29, 1.82) is 0 Å². The van der Waals surface area contributed by atoms with Gasteiger partial charge in [0.25, 0.3) is 5.91 Å². The Morgan fingerprint density at radius 3 is 2.80 bits per heavy atom. The van der Waals surface area contributed by atoms with Crippen LogP contribution in [0.2, 0.25) is 0 Å². The summed E-state index contributed by atoms with van der Waals surface area (Å²) in [6.45, 7) is 7.62. The molecule has 2 saturated heterocycles. The molecule has 2 aliphatic rings. The van der Waals surface area contributed by atoms with Crippen molar-refractivity contribution in [3.8, 4) is 0 Å². The van der Waals surface area contributed by atoms with E-state index in [1.54, 1.807) is 0 Å². The van der Waals surface area contributed by atoms with E-state index in [1.807, 2.05) is 13.8 Å². The standard InChI is InChI=1S/C14H21NO5/c1-5-6-9(16)7-15-11(12(18-4)13(15)17)10-8-19-14(2,3)20-10/h5,10-12H,1,6-8H2,2-4H3/t10-,11+,12-/m1/s1. The van der Waals surface area contributed by atoms with Gasteiger partial charge >= 0.3 is 0 Å². The molecule has 0 aromatic carbocycles. The molecule has 0 unspecified atom stereocenters. The molecule has 20 heavy (non-hydrogen) atoms. The van der Waals surface area contributed by atoms with E-state index in [2.05, 4.69) is 6.58 Å². The van der Waals surface area contributed by atoms with Crippen LogP contribution in [0.15, 0.2) is 12.7 Å². The van der Waals surface area contributed by atoms with Crippen molar-refractivity contribution in [3.05, 3.63) is 12.7 Å². The molecule has 6 nitrogen and oxygen atoms in total. The molecule has 0 aliphatic carbocycles. The number of amides is 1. The van der Waals surface area contributed by atoms with Crippen LogP contribution in [0.25, 0.3) is 0 Å². The highest BCUT2D eigenvalue weighted by molar-refractivity contribution is 5.93. The maximum atomic E-state index is 12.0. The van der Waals surface area contributed by atoms with E-state index in [4.69, 9.17) is 14.2 Å². The van der Waals surface area contributed by atoms with Gasteiger partial charge in [0.1, 0.15) is 6.10 Å². The third-order valence-electron chi connectivity index (χ3n) is 3.58. The average Bonchev–Trinajstić information content (AvgIpc) is 2.72. The first-order valence-corrected chi connectivity index (χ1v) is 6.67. The smallest absolute Gasteiger partial charge is 0.254 e. The third-order valence-corrected chi connectivity index (χ3v) is 3.58. The van der Waals surface area contributed by atoms with Crippen LogP contribution < -0.4 is 0 Å². The molecule has 2 rings (SSSR count). The monoisotopic (exact) mass is 283 g/mol. The predicted molar refractivity (Wildman–Crippen MR) is 71.0 cm³/mol.